The van der Waals surface area contributed by atoms with Crippen molar-refractivity contribution >= 4 is 34.5 Å². The molecule has 2 aromatic heterocycles. The number of nitrogens with zero attached hydrogens (tertiary/aromatic N) is 3. The fraction of sp³-hybridized carbons (Fsp3) is 0.182. The summed E-state index contributed by atoms with van der Waals surface area (Å²) in [6, 6.07) is 15.1. The molecule has 0 saturated heterocycles. The van der Waals surface area contributed by atoms with Crippen molar-refractivity contribution in [3.63, 3.8) is 0 Å². The van der Waals surface area contributed by atoms with E-state index < -0.39 is 0 Å². The molecule has 30 heavy (non-hydrogen) atoms. The molecule has 0 aliphatic heterocycles. The minimum Gasteiger partial charge on any atom is -0.465 e. The minimum atomic E-state index is -0.367. The number of carbonyl (C=O) groups excluding carboxylic acids is 1. The third-order valence-electron chi connectivity index (χ3n) is 5.11. The lowest BCUT2D eigenvalue weighted by molar-refractivity contribution is 0.0600. The van der Waals surface area contributed by atoms with Crippen molar-refractivity contribution in [3.05, 3.63) is 59.8 Å². The second-order valence-electron chi connectivity index (χ2n) is 7.19. The number of aromatic amines is 1. The van der Waals surface area contributed by atoms with Crippen molar-refractivity contribution in [3.8, 4) is 11.3 Å². The maximum absolute atomic E-state index is 11.6. The van der Waals surface area contributed by atoms with Crippen molar-refractivity contribution in [2.45, 2.75) is 28.8 Å². The molecule has 0 bridgehead atoms. The Morgan fingerprint density at radius 3 is 2.70 bits per heavy atom. The molecule has 5 rings (SSSR count). The monoisotopic (exact) mass is 417 g/mol. The van der Waals surface area contributed by atoms with Crippen LogP contribution in [0, 0.1) is 0 Å². The summed E-state index contributed by atoms with van der Waals surface area (Å²) in [5.74, 6) is 0.650. The van der Waals surface area contributed by atoms with Crippen LogP contribution < -0.4 is 5.73 Å². The smallest absolute Gasteiger partial charge is 0.337 e. The number of carbonyl (C=O) groups is 1. The predicted octanol–water partition coefficient (Wildman–Crippen LogP) is 4.42. The quantitative estimate of drug-likeness (QED) is 0.366. The molecule has 7 nitrogen and oxygen atoms in total. The maximum Gasteiger partial charge on any atom is 0.337 e. The average molecular weight is 417 g/mol. The molecule has 2 heterocycles. The van der Waals surface area contributed by atoms with Crippen molar-refractivity contribution in [1.82, 2.24) is 20.2 Å². The molecule has 3 N–H and O–H groups in total. The van der Waals surface area contributed by atoms with Gasteiger partial charge in [-0.2, -0.15) is 5.10 Å². The Morgan fingerprint density at radius 1 is 1.17 bits per heavy atom. The van der Waals surface area contributed by atoms with Crippen LogP contribution in [0.2, 0.25) is 0 Å². The lowest BCUT2D eigenvalue weighted by atomic mass is 10.1. The summed E-state index contributed by atoms with van der Waals surface area (Å²) in [7, 11) is 1.36. The number of hydrogen-bond acceptors (Lipinski definition) is 7. The number of H-pyrrole nitrogens is 1. The normalized spacial score (nSPS) is 13.5. The molecule has 1 saturated carbocycles. The van der Waals surface area contributed by atoms with Gasteiger partial charge < -0.3 is 10.5 Å². The number of nitrogens with one attached hydrogen (secondary N) is 1. The SMILES string of the molecule is COC(=O)c1ccc(Sc2nc(N)c3c(-c4cc(C5CC5)[nH]n4)cccc3n2)cc1. The first-order chi connectivity index (χ1) is 14.6. The second-order valence-corrected chi connectivity index (χ2v) is 8.23. The van der Waals surface area contributed by atoms with Crippen molar-refractivity contribution in [1.29, 1.82) is 0 Å². The third kappa shape index (κ3) is 3.50. The Labute approximate surface area is 177 Å². The molecule has 0 atom stereocenters. The van der Waals surface area contributed by atoms with Gasteiger partial charge in [-0.15, -0.1) is 0 Å². The maximum atomic E-state index is 11.6. The summed E-state index contributed by atoms with van der Waals surface area (Å²) in [6.07, 6.45) is 2.42. The Balaban J connectivity index is 1.47. The number of ether oxygens (including phenoxy) is 1. The van der Waals surface area contributed by atoms with E-state index >= 15 is 0 Å². The van der Waals surface area contributed by atoms with Gasteiger partial charge in [0.25, 0.3) is 0 Å². The van der Waals surface area contributed by atoms with Gasteiger partial charge in [0.15, 0.2) is 5.16 Å². The highest BCUT2D eigenvalue weighted by Crippen LogP contribution is 2.41. The predicted molar refractivity (Wildman–Crippen MR) is 115 cm³/mol. The van der Waals surface area contributed by atoms with Gasteiger partial charge >= 0.3 is 5.97 Å². The van der Waals surface area contributed by atoms with Gasteiger partial charge in [0.2, 0.25) is 0 Å². The van der Waals surface area contributed by atoms with E-state index in [1.54, 1.807) is 12.1 Å². The van der Waals surface area contributed by atoms with Crippen molar-refractivity contribution in [2.24, 2.45) is 0 Å². The highest BCUT2D eigenvalue weighted by atomic mass is 32.2. The summed E-state index contributed by atoms with van der Waals surface area (Å²) >= 11 is 1.39. The number of methoxy groups -OCH3 is 1. The van der Waals surface area contributed by atoms with Gasteiger partial charge in [0.05, 0.1) is 29.3 Å². The Morgan fingerprint density at radius 2 is 1.97 bits per heavy atom. The van der Waals surface area contributed by atoms with E-state index in [0.717, 1.165) is 27.1 Å². The molecule has 150 valence electrons. The van der Waals surface area contributed by atoms with Crippen LogP contribution in [0.4, 0.5) is 5.82 Å². The van der Waals surface area contributed by atoms with Crippen LogP contribution in [-0.2, 0) is 4.74 Å². The summed E-state index contributed by atoms with van der Waals surface area (Å²) in [5, 5.41) is 8.97. The molecule has 1 aliphatic carbocycles. The van der Waals surface area contributed by atoms with Gasteiger partial charge in [0, 0.05) is 22.1 Å². The van der Waals surface area contributed by atoms with E-state index in [9.17, 15) is 4.79 Å². The summed E-state index contributed by atoms with van der Waals surface area (Å²) in [6.45, 7) is 0. The van der Waals surface area contributed by atoms with Crippen LogP contribution >= 0.6 is 11.8 Å². The number of benzene rings is 2. The lowest BCUT2D eigenvalue weighted by Gasteiger charge is -2.09. The van der Waals surface area contributed by atoms with Crippen LogP contribution in [0.1, 0.15) is 34.8 Å². The van der Waals surface area contributed by atoms with Crippen LogP contribution in [-0.4, -0.2) is 33.2 Å². The number of nitrogens with two attached hydrogens (primary N) is 1. The van der Waals surface area contributed by atoms with Crippen LogP contribution in [0.15, 0.2) is 58.6 Å². The number of anilines is 1. The van der Waals surface area contributed by atoms with Crippen LogP contribution in [0.3, 0.4) is 0 Å². The number of fused-ring (bicyclic) bond motifs is 1. The van der Waals surface area contributed by atoms with E-state index in [0.29, 0.717) is 22.5 Å². The summed E-state index contributed by atoms with van der Waals surface area (Å²) in [5.41, 5.74) is 10.6. The summed E-state index contributed by atoms with van der Waals surface area (Å²) < 4.78 is 4.73. The highest BCUT2D eigenvalue weighted by molar-refractivity contribution is 7.99. The molecule has 0 amide bonds. The number of esters is 1. The molecule has 1 aliphatic rings. The molecule has 8 heteroatoms. The molecule has 0 spiro atoms. The number of hydrogen-bond donors (Lipinski definition) is 2. The number of nitrogen functional groups attached to an aromatic ring is 1. The Kier molecular flexibility index (Phi) is 4.63. The van der Waals surface area contributed by atoms with Gasteiger partial charge in [-0.05, 0) is 61.0 Å². The zero-order chi connectivity index (χ0) is 20.7. The van der Waals surface area contributed by atoms with E-state index in [-0.39, 0.29) is 5.97 Å². The van der Waals surface area contributed by atoms with Crippen LogP contribution in [0.25, 0.3) is 22.2 Å². The molecule has 0 unspecified atom stereocenters. The van der Waals surface area contributed by atoms with Crippen molar-refractivity contribution < 1.29 is 9.53 Å². The zero-order valence-corrected chi connectivity index (χ0v) is 17.1. The summed E-state index contributed by atoms with van der Waals surface area (Å²) in [4.78, 5) is 21.7. The standard InChI is InChI=1S/C22H19N5O2S/c1-29-21(28)13-7-9-14(10-8-13)30-22-24-16-4-2-3-15(19(16)20(23)25-22)18-11-17(26-27-18)12-5-6-12/h2-4,7-12H,5-6H2,1H3,(H,26,27)(H2,23,24,25). The van der Waals surface area contributed by atoms with Gasteiger partial charge in [-0.3, -0.25) is 5.10 Å². The highest BCUT2D eigenvalue weighted by Gasteiger charge is 2.26. The molecule has 0 radical (unpaired) electrons. The first-order valence-corrected chi connectivity index (χ1v) is 10.4. The Hall–Kier alpha value is -3.39. The largest absolute Gasteiger partial charge is 0.465 e. The third-order valence-corrected chi connectivity index (χ3v) is 5.98. The van der Waals surface area contributed by atoms with E-state index in [2.05, 4.69) is 26.2 Å². The lowest BCUT2D eigenvalue weighted by Crippen LogP contribution is -2.00. The Bertz CT molecular complexity index is 1250. The first-order valence-electron chi connectivity index (χ1n) is 9.60. The van der Waals surface area contributed by atoms with E-state index in [4.69, 9.17) is 10.5 Å². The fourth-order valence-electron chi connectivity index (χ4n) is 3.41. The number of aromatic nitrogens is 4. The molecule has 4 aromatic rings. The topological polar surface area (TPSA) is 107 Å². The molecular formula is C22H19N5O2S. The van der Waals surface area contributed by atoms with Gasteiger partial charge in [-0.25, -0.2) is 14.8 Å². The van der Waals surface area contributed by atoms with Crippen LogP contribution in [0.5, 0.6) is 0 Å². The van der Waals surface area contributed by atoms with E-state index in [1.807, 2.05) is 30.3 Å². The van der Waals surface area contributed by atoms with Crippen molar-refractivity contribution in [2.75, 3.05) is 12.8 Å². The van der Waals surface area contributed by atoms with Gasteiger partial charge in [0.1, 0.15) is 5.82 Å². The average Bonchev–Trinajstić information content (AvgIpc) is 3.50. The molecule has 1 fully saturated rings. The molecular weight excluding hydrogens is 398 g/mol. The first kappa shape index (κ1) is 18.6. The molecule has 2 aromatic carbocycles. The minimum absolute atomic E-state index is 0.367. The zero-order valence-electron chi connectivity index (χ0n) is 16.3. The van der Waals surface area contributed by atoms with Gasteiger partial charge in [-0.1, -0.05) is 12.1 Å². The fourth-order valence-corrected chi connectivity index (χ4v) is 4.18. The second kappa shape index (κ2) is 7.46. The van der Waals surface area contributed by atoms with E-state index in [1.165, 1.54) is 37.4 Å². The number of rotatable bonds is 5.